The summed E-state index contributed by atoms with van der Waals surface area (Å²) < 4.78 is 8.11. The van der Waals surface area contributed by atoms with E-state index in [2.05, 4.69) is 20.0 Å². The molecule has 0 aromatic rings. The fourth-order valence-corrected chi connectivity index (χ4v) is 2.76. The van der Waals surface area contributed by atoms with E-state index in [9.17, 15) is 0 Å². The molecule has 5 aliphatic rings. The van der Waals surface area contributed by atoms with Crippen molar-refractivity contribution in [1.82, 2.24) is 0 Å². The number of rotatable bonds is 0. The van der Waals surface area contributed by atoms with Crippen LogP contribution in [0.25, 0.3) is 0 Å². The molecule has 5 heterocycles. The smallest absolute Gasteiger partial charge is 0.0659 e. The van der Waals surface area contributed by atoms with Crippen LogP contribution in [0.1, 0.15) is 1.37 Å². The fourth-order valence-electron chi connectivity index (χ4n) is 2.76. The Morgan fingerprint density at radius 3 is 1.32 bits per heavy atom. The van der Waals surface area contributed by atoms with E-state index in [1.54, 1.807) is 6.08 Å². The number of allylic oxidation sites excluding steroid dienone is 12. The van der Waals surface area contributed by atoms with Crippen molar-refractivity contribution in [3.63, 3.8) is 0 Å². The third-order valence-corrected chi connectivity index (χ3v) is 3.84. The Morgan fingerprint density at radius 2 is 0.840 bits per heavy atom. The van der Waals surface area contributed by atoms with Gasteiger partial charge in [0.05, 0.1) is 47.0 Å². The molecule has 0 spiro atoms. The quantitative estimate of drug-likeness (QED) is 0.633. The Morgan fingerprint density at radius 1 is 0.480 bits per heavy atom. The van der Waals surface area contributed by atoms with Crippen LogP contribution in [-0.4, -0.2) is 22.8 Å². The zero-order chi connectivity index (χ0) is 16.8. The van der Waals surface area contributed by atoms with Crippen LogP contribution in [0.3, 0.4) is 0 Å². The molecule has 8 bridgehead atoms. The Kier molecular flexibility index (Phi) is 3.60. The third kappa shape index (κ3) is 3.20. The van der Waals surface area contributed by atoms with Crippen LogP contribution in [0.4, 0.5) is 0 Å². The summed E-state index contributed by atoms with van der Waals surface area (Å²) in [6.07, 6.45) is 21.0. The molecule has 0 saturated carbocycles. The third-order valence-electron chi connectivity index (χ3n) is 3.84. The Labute approximate surface area is 157 Å². The predicted molar refractivity (Wildman–Crippen MR) is 98.6 cm³/mol. The first-order chi connectivity index (χ1) is 12.2. The van der Waals surface area contributed by atoms with Crippen molar-refractivity contribution in [3.05, 3.63) is 95.7 Å². The zero-order valence-electron chi connectivity index (χ0n) is 14.0. The van der Waals surface area contributed by atoms with Crippen molar-refractivity contribution in [2.45, 2.75) is 0 Å². The van der Waals surface area contributed by atoms with Crippen molar-refractivity contribution in [2.24, 2.45) is 20.0 Å². The van der Waals surface area contributed by atoms with E-state index in [1.165, 1.54) is 0 Å². The summed E-state index contributed by atoms with van der Waals surface area (Å²) in [5.74, 6) is 0. The van der Waals surface area contributed by atoms with Crippen LogP contribution < -0.4 is 0 Å². The topological polar surface area (TPSA) is 49.4 Å². The van der Waals surface area contributed by atoms with Crippen molar-refractivity contribution < 1.29 is 18.7 Å². The maximum absolute atomic E-state index is 8.11. The maximum atomic E-state index is 8.11. The number of aliphatic imine (C=N–C) groups is 4. The van der Waals surface area contributed by atoms with Gasteiger partial charge in [-0.1, -0.05) is 0 Å². The number of hydrogen-bond donors (Lipinski definition) is 0. The summed E-state index contributed by atoms with van der Waals surface area (Å²) in [6.45, 7) is 0. The van der Waals surface area contributed by atoms with E-state index in [0.717, 1.165) is 39.9 Å². The monoisotopic (exact) mass is 361 g/mol. The molecule has 0 amide bonds. The van der Waals surface area contributed by atoms with Gasteiger partial charge >= 0.3 is 0 Å². The SMILES string of the molecule is [2H]C1=CC2=CC3=NC(=CC4=NC(=CC5=NC(=CC1=N2)C=C5)C=C4)C=C3.[Cr]. The molecule has 5 heteroatoms. The minimum atomic E-state index is 0. The van der Waals surface area contributed by atoms with Gasteiger partial charge < -0.3 is 0 Å². The first-order valence-corrected chi connectivity index (χ1v) is 7.66. The molecular weight excluding hydrogens is 348 g/mol. The first kappa shape index (κ1) is 14.5. The molecule has 5 rings (SSSR count). The Balaban J connectivity index is 0.00000168. The van der Waals surface area contributed by atoms with Gasteiger partial charge in [0, 0.05) is 17.4 Å². The molecule has 0 unspecified atom stereocenters. The van der Waals surface area contributed by atoms with E-state index >= 15 is 0 Å². The molecular formula is C20H12CrN4. The van der Waals surface area contributed by atoms with Crippen LogP contribution in [-0.2, 0) is 17.4 Å². The molecule has 118 valence electrons. The second-order valence-electron chi connectivity index (χ2n) is 5.67. The minimum Gasteiger partial charge on any atom is -0.249 e. The summed E-state index contributed by atoms with van der Waals surface area (Å²) >= 11 is 0. The van der Waals surface area contributed by atoms with E-state index in [1.807, 2.05) is 60.8 Å². The van der Waals surface area contributed by atoms with Crippen molar-refractivity contribution in [3.8, 4) is 0 Å². The second-order valence-corrected chi connectivity index (χ2v) is 5.67. The molecule has 4 nitrogen and oxygen atoms in total. The normalized spacial score (nSPS) is 22.7. The first-order valence-electron chi connectivity index (χ1n) is 8.16. The van der Waals surface area contributed by atoms with Gasteiger partial charge in [-0.25, -0.2) is 20.0 Å². The molecule has 0 N–H and O–H groups in total. The van der Waals surface area contributed by atoms with Gasteiger partial charge in [-0.15, -0.1) is 0 Å². The number of nitrogens with zero attached hydrogens (tertiary/aromatic N) is 4. The summed E-state index contributed by atoms with van der Waals surface area (Å²) in [5, 5.41) is 0. The van der Waals surface area contributed by atoms with Crippen LogP contribution in [0.5, 0.6) is 0 Å². The average molecular weight is 361 g/mol. The minimum absolute atomic E-state index is 0. The Hall–Kier alpha value is -2.87. The largest absolute Gasteiger partial charge is 0.249 e. The van der Waals surface area contributed by atoms with Crippen LogP contribution in [0.15, 0.2) is 116 Å². The number of fused-ring (bicyclic) bond motifs is 4. The van der Waals surface area contributed by atoms with Gasteiger partial charge in [-0.2, -0.15) is 0 Å². The van der Waals surface area contributed by atoms with Crippen molar-refractivity contribution in [1.29, 1.82) is 0 Å². The van der Waals surface area contributed by atoms with E-state index in [4.69, 9.17) is 1.37 Å². The fraction of sp³-hybridized carbons (Fsp3) is 0. The van der Waals surface area contributed by atoms with Crippen LogP contribution in [0, 0.1) is 0 Å². The van der Waals surface area contributed by atoms with Gasteiger partial charge in [0.25, 0.3) is 0 Å². The molecule has 0 aromatic carbocycles. The summed E-state index contributed by atoms with van der Waals surface area (Å²) in [4.78, 5) is 18.2. The van der Waals surface area contributed by atoms with Gasteiger partial charge in [0.2, 0.25) is 0 Å². The number of hydrogen-bond acceptors (Lipinski definition) is 4. The molecule has 0 aromatic heterocycles. The molecule has 5 aliphatic heterocycles. The van der Waals surface area contributed by atoms with Gasteiger partial charge in [-0.3, -0.25) is 0 Å². The zero-order valence-corrected chi connectivity index (χ0v) is 14.3. The molecule has 0 aliphatic carbocycles. The summed E-state index contributed by atoms with van der Waals surface area (Å²) in [7, 11) is 0. The van der Waals surface area contributed by atoms with Crippen molar-refractivity contribution in [2.75, 3.05) is 0 Å². The maximum Gasteiger partial charge on any atom is 0.0659 e. The summed E-state index contributed by atoms with van der Waals surface area (Å²) in [6, 6.07) is 0.379. The van der Waals surface area contributed by atoms with Gasteiger partial charge in [-0.05, 0) is 72.9 Å². The molecule has 0 radical (unpaired) electrons. The van der Waals surface area contributed by atoms with Crippen molar-refractivity contribution >= 4 is 22.8 Å². The standard InChI is InChI=1S/C20H12N4.Cr/c1-2-14-10-16-5-6-18(23-16)12-20-8-7-19(24-20)11-17-4-3-15(22-17)9-13(1)21-14;/h1-12H;/i1D;. The van der Waals surface area contributed by atoms with Crippen LogP contribution >= 0.6 is 0 Å². The van der Waals surface area contributed by atoms with E-state index in [0.29, 0.717) is 11.8 Å². The molecule has 0 fully saturated rings. The summed E-state index contributed by atoms with van der Waals surface area (Å²) in [5.41, 5.74) is 6.33. The second kappa shape index (κ2) is 6.21. The van der Waals surface area contributed by atoms with E-state index < -0.39 is 0 Å². The molecule has 25 heavy (non-hydrogen) atoms. The van der Waals surface area contributed by atoms with E-state index in [-0.39, 0.29) is 17.4 Å². The van der Waals surface area contributed by atoms with Gasteiger partial charge in [0.15, 0.2) is 0 Å². The Bertz CT molecular complexity index is 1080. The average Bonchev–Trinajstić information content (AvgIpc) is 3.33. The van der Waals surface area contributed by atoms with Crippen LogP contribution in [0.2, 0.25) is 0 Å². The predicted octanol–water partition coefficient (Wildman–Crippen LogP) is 3.58. The molecule has 0 saturated heterocycles. The molecule has 0 atom stereocenters. The van der Waals surface area contributed by atoms with Gasteiger partial charge in [0.1, 0.15) is 0 Å².